The molecule has 24 nitrogen and oxygen atoms in total. The number of aryl methyl sites for hydroxylation is 2. The molecule has 0 unspecified atom stereocenters. The van der Waals surface area contributed by atoms with Crippen LogP contribution in [0.1, 0.15) is 35.1 Å². The highest BCUT2D eigenvalue weighted by Gasteiger charge is 2.24. The Bertz CT molecular complexity index is 4290. The van der Waals surface area contributed by atoms with Gasteiger partial charge in [-0.25, -0.2) is 9.97 Å². The van der Waals surface area contributed by atoms with Crippen molar-refractivity contribution in [2.24, 2.45) is 30.7 Å². The molecule has 0 aliphatic rings. The van der Waals surface area contributed by atoms with Gasteiger partial charge in [-0.05, 0) is 104 Å². The first kappa shape index (κ1) is 54.6. The number of thiazole rings is 1. The van der Waals surface area contributed by atoms with Gasteiger partial charge in [0.1, 0.15) is 39.0 Å². The number of halogens is 1. The molecule has 0 atom stereocenters. The number of azo groups is 3. The minimum Gasteiger partial charge on any atom is -0.493 e. The summed E-state index contributed by atoms with van der Waals surface area (Å²) in [7, 11) is -18.2. The smallest absolute Gasteiger partial charge is 0.296 e. The van der Waals surface area contributed by atoms with E-state index in [0.717, 1.165) is 41.3 Å². The number of hydrogen-bond acceptors (Lipinski definition) is 21. The number of aromatic hydroxyl groups is 1. The summed E-state index contributed by atoms with van der Waals surface area (Å²) in [5.41, 5.74) is 2.57. The molecular formula is C44H37ClN10O14S6. The molecule has 0 bridgehead atoms. The molecule has 75 heavy (non-hydrogen) atoms. The Morgan fingerprint density at radius 3 is 2.08 bits per heavy atom. The fraction of sp³-hybridized carbons (Fsp3) is 0.205. The first-order valence-corrected chi connectivity index (χ1v) is 29.7. The van der Waals surface area contributed by atoms with Crippen molar-refractivity contribution >= 4 is 146 Å². The average Bonchev–Trinajstić information content (AvgIpc) is 3.94. The van der Waals surface area contributed by atoms with Crippen molar-refractivity contribution < 1.29 is 61.7 Å². The van der Waals surface area contributed by atoms with Crippen LogP contribution in [0, 0.1) is 32.1 Å². The van der Waals surface area contributed by atoms with Gasteiger partial charge in [-0.1, -0.05) is 35.1 Å². The van der Waals surface area contributed by atoms with Gasteiger partial charge in [0.25, 0.3) is 40.5 Å². The molecule has 390 valence electrons. The monoisotopic (exact) mass is 1160 g/mol. The molecule has 0 saturated carbocycles. The van der Waals surface area contributed by atoms with Crippen LogP contribution in [0.15, 0.2) is 112 Å². The minimum atomic E-state index is -4.86. The van der Waals surface area contributed by atoms with Crippen LogP contribution in [0.25, 0.3) is 37.7 Å². The summed E-state index contributed by atoms with van der Waals surface area (Å²) in [6.07, 6.45) is -0.122. The highest BCUT2D eigenvalue weighted by Crippen LogP contribution is 2.44. The Kier molecular flexibility index (Phi) is 15.4. The van der Waals surface area contributed by atoms with E-state index >= 15 is 0 Å². The number of pyridine rings is 1. The average molecular weight is 1160 g/mol. The Hall–Kier alpha value is -6.63. The van der Waals surface area contributed by atoms with E-state index in [2.05, 4.69) is 46.7 Å². The van der Waals surface area contributed by atoms with E-state index in [1.807, 2.05) is 0 Å². The van der Waals surface area contributed by atoms with Gasteiger partial charge in [-0.2, -0.15) is 44.0 Å². The molecular weight excluding hydrogens is 1120 g/mol. The molecule has 0 spiro atoms. The van der Waals surface area contributed by atoms with E-state index in [4.69, 9.17) is 16.3 Å². The number of imidazole rings is 1. The zero-order chi connectivity index (χ0) is 54.4. The maximum Gasteiger partial charge on any atom is 0.296 e. The molecule has 0 amide bonds. The van der Waals surface area contributed by atoms with Crippen LogP contribution in [0.3, 0.4) is 0 Å². The lowest BCUT2D eigenvalue weighted by Crippen LogP contribution is -2.08. The number of nitriles is 1. The molecule has 8 rings (SSSR count). The molecule has 3 heterocycles. The maximum absolute atomic E-state index is 12.4. The lowest BCUT2D eigenvalue weighted by Gasteiger charge is -2.12. The van der Waals surface area contributed by atoms with Crippen LogP contribution >= 0.6 is 34.7 Å². The minimum absolute atomic E-state index is 0.0174. The van der Waals surface area contributed by atoms with E-state index in [0.29, 0.717) is 27.1 Å². The quantitative estimate of drug-likeness (QED) is 0.0230. The molecule has 31 heteroatoms. The Morgan fingerprint density at radius 1 is 0.747 bits per heavy atom. The van der Waals surface area contributed by atoms with Gasteiger partial charge in [0.15, 0.2) is 11.3 Å². The molecule has 0 aliphatic heterocycles. The van der Waals surface area contributed by atoms with Gasteiger partial charge < -0.3 is 9.84 Å². The normalized spacial score (nSPS) is 12.9. The highest BCUT2D eigenvalue weighted by molar-refractivity contribution is 7.99. The van der Waals surface area contributed by atoms with Crippen LogP contribution in [0.4, 0.5) is 33.6 Å². The second-order valence-corrected chi connectivity index (χ2v) is 24.8. The number of rotatable bonds is 18. The Balaban J connectivity index is 1.17. The van der Waals surface area contributed by atoms with Crippen molar-refractivity contribution in [3.05, 3.63) is 94.0 Å². The van der Waals surface area contributed by atoms with Crippen molar-refractivity contribution in [2.75, 3.05) is 23.9 Å². The van der Waals surface area contributed by atoms with Gasteiger partial charge in [0.2, 0.25) is 11.0 Å². The topological polar surface area (TPSA) is 375 Å². The molecule has 5 aromatic carbocycles. The first-order valence-electron chi connectivity index (χ1n) is 21.5. The Morgan fingerprint density at radius 2 is 1.40 bits per heavy atom. The van der Waals surface area contributed by atoms with E-state index in [1.165, 1.54) is 22.6 Å². The van der Waals surface area contributed by atoms with Gasteiger partial charge in [0, 0.05) is 21.9 Å². The molecule has 0 radical (unpaired) electrons. The molecule has 5 N–H and O–H groups in total. The lowest BCUT2D eigenvalue weighted by molar-refractivity contribution is 0.317. The zero-order valence-electron chi connectivity index (χ0n) is 38.8. The lowest BCUT2D eigenvalue weighted by atomic mass is 10.1. The van der Waals surface area contributed by atoms with Crippen LogP contribution in [0.2, 0.25) is 5.02 Å². The van der Waals surface area contributed by atoms with Crippen LogP contribution < -0.4 is 4.74 Å². The SMILES string of the molecule is Cc1cc(N=Nc2cc(OCCCS(=O)(=O)O)c(N=Nc3c(C)c(C#N)c4nc5c(Cl)cccc5n4c3O)cc2C)c(SCCCS(=O)(=O)O)cc1N=Nc1nc2c(S(=O)(=O)O)cc3ccc(S(=O)(=O)O)cc3c2s1. The van der Waals surface area contributed by atoms with Crippen molar-refractivity contribution in [1.82, 2.24) is 14.4 Å². The third-order valence-electron chi connectivity index (χ3n) is 11.0. The fourth-order valence-electron chi connectivity index (χ4n) is 7.47. The van der Waals surface area contributed by atoms with Crippen molar-refractivity contribution in [3.8, 4) is 17.7 Å². The maximum atomic E-state index is 12.4. The van der Waals surface area contributed by atoms with Gasteiger partial charge in [0.05, 0.1) is 55.3 Å². The molecule has 8 aromatic rings. The largest absolute Gasteiger partial charge is 0.493 e. The van der Waals surface area contributed by atoms with Crippen LogP contribution in [-0.2, 0) is 40.5 Å². The summed E-state index contributed by atoms with van der Waals surface area (Å²) in [6.45, 7) is 4.64. The number of fused-ring (bicyclic) bond motifs is 6. The van der Waals surface area contributed by atoms with Gasteiger partial charge >= 0.3 is 0 Å². The van der Waals surface area contributed by atoms with Crippen molar-refractivity contribution in [1.29, 1.82) is 5.26 Å². The third kappa shape index (κ3) is 12.2. The summed E-state index contributed by atoms with van der Waals surface area (Å²) < 4.78 is 141. The predicted octanol–water partition coefficient (Wildman–Crippen LogP) is 11.2. The first-order chi connectivity index (χ1) is 35.2. The number of para-hydroxylation sites is 1. The number of ether oxygens (including phenoxy) is 1. The van der Waals surface area contributed by atoms with Crippen LogP contribution in [-0.4, -0.2) is 95.2 Å². The molecule has 0 aliphatic carbocycles. The van der Waals surface area contributed by atoms with E-state index in [9.17, 15) is 62.3 Å². The summed E-state index contributed by atoms with van der Waals surface area (Å²) >= 11 is 8.34. The summed E-state index contributed by atoms with van der Waals surface area (Å²) in [4.78, 5) is 8.09. The summed E-state index contributed by atoms with van der Waals surface area (Å²) in [5, 5.41) is 48.5. The molecule has 0 saturated heterocycles. The number of aromatic nitrogens is 3. The van der Waals surface area contributed by atoms with Crippen molar-refractivity contribution in [3.63, 3.8) is 0 Å². The fourth-order valence-corrected chi connectivity index (χ4v) is 12.0. The predicted molar refractivity (Wildman–Crippen MR) is 279 cm³/mol. The molecule has 0 fully saturated rings. The standard InChI is InChI=1S/C44H37ClN10O14S6/c1-22-15-32(51-53-38-24(3)28(21-46)42-47-39-29(45)7-4-8-34(39)55(42)43(38)56)35(69-11-5-13-72(57,58)59)19-30(22)49-52-33-16-23(2)31(20-36(33)70-12-6-14-73(60,61)62)50-54-44-48-40-37(75(66,67)68)17-25-9-10-26(74(63,64)65)18-27(25)41(40)71-44/h4,7-10,15-20,56H,5-6,11-14H2,1-3H3,(H,57,58,59)(H,60,61,62)(H,63,64,65)(H,66,67,68). The third-order valence-corrected chi connectivity index (χ3v) is 16.8. The number of nitrogens with zero attached hydrogens (tertiary/aromatic N) is 10. The van der Waals surface area contributed by atoms with Crippen LogP contribution in [0.5, 0.6) is 11.6 Å². The van der Waals surface area contributed by atoms with Gasteiger partial charge in [-0.15, -0.1) is 37.3 Å². The second-order valence-electron chi connectivity index (χ2n) is 16.3. The molecule has 3 aromatic heterocycles. The highest BCUT2D eigenvalue weighted by atomic mass is 35.5. The zero-order valence-corrected chi connectivity index (χ0v) is 44.5. The van der Waals surface area contributed by atoms with Gasteiger partial charge in [-0.3, -0.25) is 22.6 Å². The summed E-state index contributed by atoms with van der Waals surface area (Å²) in [6, 6.07) is 17.7. The Labute approximate surface area is 439 Å². The van der Waals surface area contributed by atoms with E-state index < -0.39 is 67.6 Å². The number of benzene rings is 5. The number of hydrogen-bond donors (Lipinski definition) is 5. The van der Waals surface area contributed by atoms with E-state index in [1.54, 1.807) is 51.1 Å². The second kappa shape index (κ2) is 21.2. The van der Waals surface area contributed by atoms with E-state index in [-0.39, 0.29) is 107 Å². The van der Waals surface area contributed by atoms with Crippen molar-refractivity contribution in [2.45, 2.75) is 48.3 Å². The summed E-state index contributed by atoms with van der Waals surface area (Å²) in [5.74, 6) is -1.40. The number of thioether (sulfide) groups is 1.